The molecule has 126 valence electrons. The van der Waals surface area contributed by atoms with Gasteiger partial charge in [-0.1, -0.05) is 12.1 Å². The van der Waals surface area contributed by atoms with Gasteiger partial charge in [0.15, 0.2) is 11.6 Å². The molecule has 2 rings (SSSR count). The van der Waals surface area contributed by atoms with Crippen LogP contribution < -0.4 is 5.73 Å². The number of nitrogens with zero attached hydrogens (tertiary/aromatic N) is 1. The van der Waals surface area contributed by atoms with Gasteiger partial charge in [0, 0.05) is 29.8 Å². The van der Waals surface area contributed by atoms with Crippen molar-refractivity contribution in [2.24, 2.45) is 10.7 Å². The maximum atomic E-state index is 14.3. The molecule has 4 nitrogen and oxygen atoms in total. The number of ether oxygens (including phenoxy) is 1. The first-order valence-corrected chi connectivity index (χ1v) is 6.66. The Kier molecular flexibility index (Phi) is 5.18. The number of primary amides is 1. The third kappa shape index (κ3) is 3.70. The lowest BCUT2D eigenvalue weighted by Crippen LogP contribution is -2.19. The van der Waals surface area contributed by atoms with Gasteiger partial charge in [-0.25, -0.2) is 22.4 Å². The molecule has 0 fully saturated rings. The lowest BCUT2D eigenvalue weighted by Gasteiger charge is -2.10. The molecular formula is C16H12F4N2O2. The number of aliphatic imine (C=N–C) groups is 1. The van der Waals surface area contributed by atoms with Crippen molar-refractivity contribution in [2.75, 3.05) is 13.7 Å². The molecule has 2 N–H and O–H groups in total. The molecule has 0 bridgehead atoms. The van der Waals surface area contributed by atoms with Crippen LogP contribution in [0.15, 0.2) is 35.3 Å². The first-order chi connectivity index (χ1) is 11.3. The molecule has 0 aliphatic rings. The Hall–Kier alpha value is -2.90. The topological polar surface area (TPSA) is 64.7 Å². The van der Waals surface area contributed by atoms with Crippen molar-refractivity contribution < 1.29 is 27.1 Å². The van der Waals surface area contributed by atoms with Gasteiger partial charge < -0.3 is 10.5 Å². The van der Waals surface area contributed by atoms with E-state index < -0.39 is 34.9 Å². The quantitative estimate of drug-likeness (QED) is 0.526. The Bertz CT molecular complexity index is 822. The molecular weight excluding hydrogens is 328 g/mol. The van der Waals surface area contributed by atoms with Crippen molar-refractivity contribution in [1.29, 1.82) is 0 Å². The maximum Gasteiger partial charge on any atom is 0.404 e. The summed E-state index contributed by atoms with van der Waals surface area (Å²) in [6.07, 6.45) is -1.02. The fourth-order valence-corrected chi connectivity index (χ4v) is 2.06. The molecule has 0 spiro atoms. The van der Waals surface area contributed by atoms with E-state index in [0.29, 0.717) is 12.1 Å². The number of hydrogen-bond acceptors (Lipinski definition) is 3. The Morgan fingerprint density at radius 2 is 1.62 bits per heavy atom. The van der Waals surface area contributed by atoms with E-state index in [4.69, 9.17) is 5.73 Å². The third-order valence-electron chi connectivity index (χ3n) is 3.22. The van der Waals surface area contributed by atoms with Crippen molar-refractivity contribution >= 4 is 11.8 Å². The number of halogens is 4. The van der Waals surface area contributed by atoms with Gasteiger partial charge in [0.25, 0.3) is 0 Å². The van der Waals surface area contributed by atoms with Crippen LogP contribution in [0.1, 0.15) is 5.56 Å². The highest BCUT2D eigenvalue weighted by Gasteiger charge is 2.16. The molecule has 0 atom stereocenters. The molecule has 0 aliphatic carbocycles. The van der Waals surface area contributed by atoms with Gasteiger partial charge in [-0.05, 0) is 12.1 Å². The molecule has 24 heavy (non-hydrogen) atoms. The summed E-state index contributed by atoms with van der Waals surface area (Å²) in [5.41, 5.74) is 4.68. The van der Waals surface area contributed by atoms with Crippen molar-refractivity contribution in [1.82, 2.24) is 0 Å². The first kappa shape index (κ1) is 17.5. The third-order valence-corrected chi connectivity index (χ3v) is 3.22. The standard InChI is InChI=1S/C16H12F4N2O2/c1-22-15(7-24-16(21)23)8-2-3-9(11(17)4-8)10-5-13(19)14(20)6-12(10)18/h2-6H,7H2,1H3,(H2,21,23). The van der Waals surface area contributed by atoms with Gasteiger partial charge in [-0.15, -0.1) is 0 Å². The van der Waals surface area contributed by atoms with E-state index in [1.807, 2.05) is 0 Å². The highest BCUT2D eigenvalue weighted by molar-refractivity contribution is 6.02. The largest absolute Gasteiger partial charge is 0.443 e. The average Bonchev–Trinajstić information content (AvgIpc) is 2.52. The molecule has 2 aromatic carbocycles. The monoisotopic (exact) mass is 340 g/mol. The van der Waals surface area contributed by atoms with Gasteiger partial charge in [0.2, 0.25) is 0 Å². The summed E-state index contributed by atoms with van der Waals surface area (Å²) in [6, 6.07) is 4.51. The van der Waals surface area contributed by atoms with Crippen molar-refractivity contribution in [2.45, 2.75) is 0 Å². The van der Waals surface area contributed by atoms with Crippen LogP contribution in [-0.2, 0) is 4.74 Å². The molecule has 0 aromatic heterocycles. The number of hydrogen-bond donors (Lipinski definition) is 1. The Labute approximate surface area is 134 Å². The van der Waals surface area contributed by atoms with Crippen LogP contribution in [-0.4, -0.2) is 25.5 Å². The summed E-state index contributed by atoms with van der Waals surface area (Å²) in [4.78, 5) is 14.5. The van der Waals surface area contributed by atoms with Crippen LogP contribution >= 0.6 is 0 Å². The number of benzene rings is 2. The average molecular weight is 340 g/mol. The fourth-order valence-electron chi connectivity index (χ4n) is 2.06. The summed E-state index contributed by atoms with van der Waals surface area (Å²) in [5, 5.41) is 0. The first-order valence-electron chi connectivity index (χ1n) is 6.66. The van der Waals surface area contributed by atoms with E-state index >= 15 is 0 Å². The summed E-state index contributed by atoms with van der Waals surface area (Å²) in [7, 11) is 1.40. The Morgan fingerprint density at radius 1 is 1.00 bits per heavy atom. The molecule has 0 radical (unpaired) electrons. The zero-order valence-corrected chi connectivity index (χ0v) is 12.4. The van der Waals surface area contributed by atoms with Crippen LogP contribution in [0.25, 0.3) is 11.1 Å². The molecule has 0 saturated carbocycles. The molecule has 0 heterocycles. The van der Waals surface area contributed by atoms with Gasteiger partial charge in [-0.2, -0.15) is 0 Å². The van der Waals surface area contributed by atoms with E-state index in [-0.39, 0.29) is 23.4 Å². The van der Waals surface area contributed by atoms with E-state index in [1.165, 1.54) is 19.2 Å². The summed E-state index contributed by atoms with van der Waals surface area (Å²) < 4.78 is 58.9. The fraction of sp³-hybridized carbons (Fsp3) is 0.125. The highest BCUT2D eigenvalue weighted by Crippen LogP contribution is 2.28. The summed E-state index contributed by atoms with van der Waals surface area (Å²) >= 11 is 0. The number of rotatable bonds is 4. The second kappa shape index (κ2) is 7.12. The number of amides is 1. The Balaban J connectivity index is 2.40. The van der Waals surface area contributed by atoms with Gasteiger partial charge in [0.05, 0.1) is 5.71 Å². The summed E-state index contributed by atoms with van der Waals surface area (Å²) in [6.45, 7) is -0.274. The second-order valence-corrected chi connectivity index (χ2v) is 4.72. The van der Waals surface area contributed by atoms with E-state index in [1.54, 1.807) is 0 Å². The van der Waals surface area contributed by atoms with Crippen LogP contribution in [0.2, 0.25) is 0 Å². The molecule has 8 heteroatoms. The van der Waals surface area contributed by atoms with Crippen LogP contribution in [0, 0.1) is 23.3 Å². The lowest BCUT2D eigenvalue weighted by molar-refractivity contribution is 0.173. The van der Waals surface area contributed by atoms with Crippen molar-refractivity contribution in [3.05, 3.63) is 59.2 Å². The molecule has 1 amide bonds. The van der Waals surface area contributed by atoms with Gasteiger partial charge in [0.1, 0.15) is 18.2 Å². The second-order valence-electron chi connectivity index (χ2n) is 4.72. The van der Waals surface area contributed by atoms with E-state index in [0.717, 1.165) is 6.07 Å². The summed E-state index contributed by atoms with van der Waals surface area (Å²) in [5.74, 6) is -4.63. The van der Waals surface area contributed by atoms with E-state index in [2.05, 4.69) is 9.73 Å². The van der Waals surface area contributed by atoms with Crippen molar-refractivity contribution in [3.63, 3.8) is 0 Å². The smallest absolute Gasteiger partial charge is 0.404 e. The molecule has 0 unspecified atom stereocenters. The predicted octanol–water partition coefficient (Wildman–Crippen LogP) is 3.42. The van der Waals surface area contributed by atoms with Gasteiger partial charge >= 0.3 is 6.09 Å². The van der Waals surface area contributed by atoms with E-state index in [9.17, 15) is 22.4 Å². The van der Waals surface area contributed by atoms with Crippen LogP contribution in [0.5, 0.6) is 0 Å². The number of carbonyl (C=O) groups is 1. The highest BCUT2D eigenvalue weighted by atomic mass is 19.2. The molecule has 0 saturated heterocycles. The predicted molar refractivity (Wildman–Crippen MR) is 79.7 cm³/mol. The minimum atomic E-state index is -1.36. The molecule has 2 aromatic rings. The minimum Gasteiger partial charge on any atom is -0.443 e. The number of nitrogens with two attached hydrogens (primary N) is 1. The maximum absolute atomic E-state index is 14.3. The van der Waals surface area contributed by atoms with Crippen LogP contribution in [0.4, 0.5) is 22.4 Å². The minimum absolute atomic E-state index is 0.227. The van der Waals surface area contributed by atoms with Crippen LogP contribution in [0.3, 0.4) is 0 Å². The Morgan fingerprint density at radius 3 is 2.21 bits per heavy atom. The number of carbonyl (C=O) groups excluding carboxylic acids is 1. The zero-order chi connectivity index (χ0) is 17.9. The van der Waals surface area contributed by atoms with Gasteiger partial charge in [-0.3, -0.25) is 4.99 Å². The van der Waals surface area contributed by atoms with Crippen molar-refractivity contribution in [3.8, 4) is 11.1 Å². The SMILES string of the molecule is CN=C(COC(N)=O)c1ccc(-c2cc(F)c(F)cc2F)c(F)c1. The molecule has 0 aliphatic heterocycles. The normalized spacial score (nSPS) is 11.5. The zero-order valence-electron chi connectivity index (χ0n) is 12.4. The lowest BCUT2D eigenvalue weighted by atomic mass is 10.0.